The third kappa shape index (κ3) is 8.63. The molecular weight excluding hydrogens is 775 g/mol. The Morgan fingerprint density at radius 1 is 0.948 bits per heavy atom. The lowest BCUT2D eigenvalue weighted by Crippen LogP contribution is -2.57. The Labute approximate surface area is 345 Å². The van der Waals surface area contributed by atoms with E-state index in [9.17, 15) is 24.6 Å². The van der Waals surface area contributed by atoms with Crippen LogP contribution in [0, 0.1) is 12.3 Å². The molecule has 5 heterocycles. The predicted molar refractivity (Wildman–Crippen MR) is 228 cm³/mol. The van der Waals surface area contributed by atoms with Crippen molar-refractivity contribution in [2.45, 2.75) is 65.3 Å². The number of aromatic nitrogens is 3. The van der Waals surface area contributed by atoms with Crippen molar-refractivity contribution in [1.82, 2.24) is 30.7 Å². The minimum Gasteiger partial charge on any atom is -0.507 e. The summed E-state index contributed by atoms with van der Waals surface area (Å²) in [6.45, 7) is 12.1. The van der Waals surface area contributed by atoms with E-state index in [1.165, 1.54) is 16.2 Å². The number of nitrogens with two attached hydrogens (primary N) is 1. The number of phenols is 1. The Hall–Kier alpha value is -5.58. The van der Waals surface area contributed by atoms with Crippen molar-refractivity contribution in [1.29, 1.82) is 0 Å². The molecule has 58 heavy (non-hydrogen) atoms. The van der Waals surface area contributed by atoms with Gasteiger partial charge >= 0.3 is 0 Å². The summed E-state index contributed by atoms with van der Waals surface area (Å²) >= 11 is 2.92. The molecule has 2 aliphatic rings. The maximum atomic E-state index is 14.3. The van der Waals surface area contributed by atoms with Crippen LogP contribution in [0.2, 0.25) is 0 Å². The van der Waals surface area contributed by atoms with Gasteiger partial charge in [-0.1, -0.05) is 57.2 Å². The highest BCUT2D eigenvalue weighted by Gasteiger charge is 2.45. The van der Waals surface area contributed by atoms with Gasteiger partial charge in [0.05, 0.1) is 49.5 Å². The molecule has 2 fully saturated rings. The SMILES string of the molecule is Cc1ncsc1-c1ccc([C@H](C)NC(=O)[C@@H]2C[C@@H](O)CN2C(=O)C(NC(=O)c2ccc(N3CCN(c4cc(-c5ccccc5O)nnc4N)CC3)s2)C(C)(C)C)cc1. The molecule has 4 atom stereocenters. The van der Waals surface area contributed by atoms with Gasteiger partial charge in [0.1, 0.15) is 17.8 Å². The number of likely N-dealkylation sites (tertiary alicyclic amines) is 1. The van der Waals surface area contributed by atoms with Gasteiger partial charge in [0.15, 0.2) is 5.82 Å². The lowest BCUT2D eigenvalue weighted by Gasteiger charge is -2.36. The Balaban J connectivity index is 0.979. The van der Waals surface area contributed by atoms with Crippen LogP contribution in [0.5, 0.6) is 5.75 Å². The molecule has 2 aliphatic heterocycles. The first kappa shape index (κ1) is 40.6. The number of thiophene rings is 1. The number of carbonyl (C=O) groups is 3. The van der Waals surface area contributed by atoms with Crippen molar-refractivity contribution in [3.63, 3.8) is 0 Å². The fourth-order valence-electron chi connectivity index (χ4n) is 7.47. The molecule has 6 N–H and O–H groups in total. The molecule has 0 radical (unpaired) electrons. The molecular formula is C42H49N9O5S2. The van der Waals surface area contributed by atoms with Crippen LogP contribution in [-0.4, -0.2) is 98.9 Å². The minimum atomic E-state index is -0.961. The third-order valence-corrected chi connectivity index (χ3v) is 12.9. The van der Waals surface area contributed by atoms with E-state index in [1.54, 1.807) is 35.6 Å². The summed E-state index contributed by atoms with van der Waals surface area (Å²) < 4.78 is 0. The van der Waals surface area contributed by atoms with Crippen molar-refractivity contribution in [3.05, 3.63) is 88.4 Å². The van der Waals surface area contributed by atoms with Crippen LogP contribution in [-0.2, 0) is 9.59 Å². The fraction of sp³-hybridized carbons (Fsp3) is 0.381. The Kier molecular flexibility index (Phi) is 11.7. The quantitative estimate of drug-likeness (QED) is 0.124. The smallest absolute Gasteiger partial charge is 0.262 e. The lowest BCUT2D eigenvalue weighted by atomic mass is 9.85. The fourth-order valence-corrected chi connectivity index (χ4v) is 9.24. The molecule has 14 nitrogen and oxygen atoms in total. The first-order valence-corrected chi connectivity index (χ1v) is 21.0. The number of benzene rings is 2. The van der Waals surface area contributed by atoms with E-state index in [4.69, 9.17) is 5.73 Å². The number of aliphatic hydroxyl groups is 1. The van der Waals surface area contributed by atoms with Gasteiger partial charge in [-0.05, 0) is 60.7 Å². The molecule has 3 amide bonds. The monoisotopic (exact) mass is 823 g/mol. The number of phenolic OH excluding ortho intramolecular Hbond substituents is 1. The molecule has 0 saturated carbocycles. The Bertz CT molecular complexity index is 2280. The van der Waals surface area contributed by atoms with Crippen molar-refractivity contribution in [2.24, 2.45) is 5.41 Å². The summed E-state index contributed by atoms with van der Waals surface area (Å²) in [6, 6.07) is 18.2. The van der Waals surface area contributed by atoms with Crippen LogP contribution in [0.15, 0.2) is 72.2 Å². The first-order valence-electron chi connectivity index (χ1n) is 19.3. The summed E-state index contributed by atoms with van der Waals surface area (Å²) in [7, 11) is 0. The number of aromatic hydroxyl groups is 1. The molecule has 0 aliphatic carbocycles. The van der Waals surface area contributed by atoms with Crippen LogP contribution in [0.4, 0.5) is 16.5 Å². The Morgan fingerprint density at radius 3 is 2.33 bits per heavy atom. The third-order valence-electron chi connectivity index (χ3n) is 10.8. The number of aryl methyl sites for hydroxylation is 1. The zero-order chi connectivity index (χ0) is 41.3. The summed E-state index contributed by atoms with van der Waals surface area (Å²) in [6.07, 6.45) is -0.776. The highest BCUT2D eigenvalue weighted by atomic mass is 32.1. The Morgan fingerprint density at radius 2 is 1.66 bits per heavy atom. The second-order valence-electron chi connectivity index (χ2n) is 15.9. The molecule has 304 valence electrons. The van der Waals surface area contributed by atoms with Crippen LogP contribution in [0.25, 0.3) is 21.7 Å². The number of para-hydroxylation sites is 1. The maximum Gasteiger partial charge on any atom is 0.262 e. The second-order valence-corrected chi connectivity index (χ2v) is 17.8. The van der Waals surface area contributed by atoms with E-state index in [0.717, 1.165) is 32.4 Å². The van der Waals surface area contributed by atoms with E-state index in [0.29, 0.717) is 48.1 Å². The van der Waals surface area contributed by atoms with E-state index in [1.807, 2.05) is 82.6 Å². The minimum absolute atomic E-state index is 0.0109. The summed E-state index contributed by atoms with van der Waals surface area (Å²) in [5.41, 5.74) is 12.1. The van der Waals surface area contributed by atoms with Crippen molar-refractivity contribution < 1.29 is 24.6 Å². The lowest BCUT2D eigenvalue weighted by molar-refractivity contribution is -0.142. The molecule has 3 aromatic heterocycles. The van der Waals surface area contributed by atoms with E-state index in [2.05, 4.69) is 35.6 Å². The number of nitrogen functional groups attached to an aromatic ring is 1. The molecule has 7 rings (SSSR count). The molecule has 5 aromatic rings. The van der Waals surface area contributed by atoms with Crippen LogP contribution >= 0.6 is 22.7 Å². The number of amides is 3. The largest absolute Gasteiger partial charge is 0.507 e. The topological polar surface area (TPSA) is 190 Å². The number of piperazine rings is 1. The van der Waals surface area contributed by atoms with E-state index < -0.39 is 29.5 Å². The molecule has 2 aromatic carbocycles. The van der Waals surface area contributed by atoms with Gasteiger partial charge in [-0.15, -0.1) is 32.9 Å². The molecule has 0 bridgehead atoms. The van der Waals surface area contributed by atoms with Crippen molar-refractivity contribution in [2.75, 3.05) is 48.3 Å². The number of β-amino-alcohol motifs (C(OH)–C–C–N with tert-alkyl or cyclic N) is 1. The highest BCUT2D eigenvalue weighted by Crippen LogP contribution is 2.34. The van der Waals surface area contributed by atoms with Gasteiger partial charge in [0.25, 0.3) is 5.91 Å². The second kappa shape index (κ2) is 16.7. The van der Waals surface area contributed by atoms with Crippen molar-refractivity contribution >= 4 is 56.9 Å². The zero-order valence-electron chi connectivity index (χ0n) is 33.2. The normalized spacial score (nSPS) is 18.2. The highest BCUT2D eigenvalue weighted by molar-refractivity contribution is 7.18. The molecule has 0 spiro atoms. The zero-order valence-corrected chi connectivity index (χ0v) is 34.8. The maximum absolute atomic E-state index is 14.3. The predicted octanol–water partition coefficient (Wildman–Crippen LogP) is 5.24. The van der Waals surface area contributed by atoms with Gasteiger partial charge in [-0.3, -0.25) is 14.4 Å². The van der Waals surface area contributed by atoms with Gasteiger partial charge in [0, 0.05) is 44.7 Å². The number of thiazole rings is 1. The number of hydrogen-bond acceptors (Lipinski definition) is 13. The summed E-state index contributed by atoms with van der Waals surface area (Å²) in [4.78, 5) is 53.4. The number of aliphatic hydroxyl groups excluding tert-OH is 1. The standard InChI is InChI=1S/C42H49N9O5S2/c1-24(26-10-12-27(13-11-26)36-25(2)44-23-57-36)45-39(54)32-20-28(52)22-51(32)41(56)37(42(3,4)5)46-40(55)34-14-15-35(58-34)50-18-16-49(17-19-50)31-21-30(47-48-38(31)43)29-8-6-7-9-33(29)53/h6-15,21,23-24,28,32,37,52-53H,16-20,22H2,1-5H3,(H2,43,48)(H,45,54)(H,46,55)/t24-,28+,32-,37?/m0/s1. The van der Waals surface area contributed by atoms with Crippen LogP contribution in [0.1, 0.15) is 61.1 Å². The van der Waals surface area contributed by atoms with Crippen LogP contribution < -0.4 is 26.2 Å². The summed E-state index contributed by atoms with van der Waals surface area (Å²) in [5, 5.41) is 36.3. The summed E-state index contributed by atoms with van der Waals surface area (Å²) in [5.74, 6) is -0.749. The van der Waals surface area contributed by atoms with Gasteiger partial charge in [0.2, 0.25) is 11.8 Å². The van der Waals surface area contributed by atoms with E-state index >= 15 is 0 Å². The van der Waals surface area contributed by atoms with Gasteiger partial charge < -0.3 is 41.3 Å². The average molecular weight is 824 g/mol. The van der Waals surface area contributed by atoms with E-state index in [-0.39, 0.29) is 36.6 Å². The first-order chi connectivity index (χ1) is 27.7. The number of carbonyl (C=O) groups excluding carboxylic acids is 3. The van der Waals surface area contributed by atoms with Crippen molar-refractivity contribution in [3.8, 4) is 27.4 Å². The molecule has 2 saturated heterocycles. The van der Waals surface area contributed by atoms with Gasteiger partial charge in [-0.25, -0.2) is 4.98 Å². The number of nitrogens with zero attached hydrogens (tertiary/aromatic N) is 6. The average Bonchev–Trinajstić information content (AvgIpc) is 3.97. The molecule has 1 unspecified atom stereocenters. The number of nitrogens with one attached hydrogen (secondary N) is 2. The number of anilines is 3. The number of hydrogen-bond donors (Lipinski definition) is 5. The molecule has 16 heteroatoms. The van der Waals surface area contributed by atoms with Crippen LogP contribution in [0.3, 0.4) is 0 Å². The van der Waals surface area contributed by atoms with Gasteiger partial charge in [-0.2, -0.15) is 0 Å². The number of rotatable bonds is 10.